The van der Waals surface area contributed by atoms with Gasteiger partial charge < -0.3 is 5.32 Å². The molecule has 1 aliphatic carbocycles. The molecule has 2 heterocycles. The van der Waals surface area contributed by atoms with E-state index in [1.165, 1.54) is 28.2 Å². The van der Waals surface area contributed by atoms with Crippen molar-refractivity contribution in [3.63, 3.8) is 0 Å². The molecule has 0 bridgehead atoms. The van der Waals surface area contributed by atoms with E-state index in [0.717, 1.165) is 13.1 Å². The van der Waals surface area contributed by atoms with Crippen LogP contribution >= 0.6 is 34.4 Å². The number of hydrogen-bond acceptors (Lipinski definition) is 4. The van der Waals surface area contributed by atoms with Gasteiger partial charge in [-0.25, -0.2) is 0 Å². The zero-order valence-electron chi connectivity index (χ0n) is 10.4. The first kappa shape index (κ1) is 12.7. The third kappa shape index (κ3) is 2.82. The summed E-state index contributed by atoms with van der Waals surface area (Å²) in [5.74, 6) is 0. The molecule has 1 aliphatic rings. The lowest BCUT2D eigenvalue weighted by molar-refractivity contribution is 0.669. The van der Waals surface area contributed by atoms with Gasteiger partial charge in [-0.05, 0) is 42.0 Å². The van der Waals surface area contributed by atoms with E-state index in [1.54, 1.807) is 0 Å². The van der Waals surface area contributed by atoms with Crippen LogP contribution in [0.25, 0.3) is 10.4 Å². The maximum absolute atomic E-state index is 3.61. The zero-order valence-corrected chi connectivity index (χ0v) is 12.9. The Balaban J connectivity index is 1.54. The van der Waals surface area contributed by atoms with E-state index >= 15 is 0 Å². The van der Waals surface area contributed by atoms with Crippen molar-refractivity contribution in [1.82, 2.24) is 5.32 Å². The van der Waals surface area contributed by atoms with Gasteiger partial charge >= 0.3 is 0 Å². The Bertz CT molecular complexity index is 497. The van der Waals surface area contributed by atoms with Gasteiger partial charge in [-0.3, -0.25) is 0 Å². The van der Waals surface area contributed by atoms with E-state index in [-0.39, 0.29) is 0 Å². The van der Waals surface area contributed by atoms with E-state index in [9.17, 15) is 0 Å². The maximum Gasteiger partial charge on any atom is 0.0351 e. The van der Waals surface area contributed by atoms with Crippen molar-refractivity contribution in [2.24, 2.45) is 0 Å². The Hall–Kier alpha value is -0.290. The molecule has 1 nitrogen and oxygen atoms in total. The number of nitrogens with one attached hydrogen (secondary N) is 1. The summed E-state index contributed by atoms with van der Waals surface area (Å²) in [4.78, 5) is 2.82. The highest BCUT2D eigenvalue weighted by Gasteiger charge is 2.41. The molecule has 0 atom stereocenters. The van der Waals surface area contributed by atoms with Crippen molar-refractivity contribution in [2.75, 3.05) is 12.8 Å². The van der Waals surface area contributed by atoms with E-state index in [4.69, 9.17) is 0 Å². The Kier molecular flexibility index (Phi) is 3.80. The van der Waals surface area contributed by atoms with Crippen molar-refractivity contribution >= 4 is 34.4 Å². The summed E-state index contributed by atoms with van der Waals surface area (Å²) in [7, 11) is 0. The fourth-order valence-electron chi connectivity index (χ4n) is 2.05. The number of hydrogen-bond donors (Lipinski definition) is 1. The molecule has 0 radical (unpaired) electrons. The summed E-state index contributed by atoms with van der Waals surface area (Å²) < 4.78 is 0.563. The second-order valence-corrected chi connectivity index (χ2v) is 7.99. The summed E-state index contributed by atoms with van der Waals surface area (Å²) in [6.45, 7) is 2.17. The monoisotopic (exact) mass is 295 g/mol. The lowest BCUT2D eigenvalue weighted by atomic mass is 10.2. The standard InChI is InChI=1S/C14H17NS3/c1-16-14(4-5-14)10-15-8-12-7-11(9-18-12)13-3-2-6-17-13/h2-3,6-7,9,15H,4-5,8,10H2,1H3. The van der Waals surface area contributed by atoms with E-state index in [2.05, 4.69) is 40.5 Å². The van der Waals surface area contributed by atoms with Crippen LogP contribution in [0.3, 0.4) is 0 Å². The normalized spacial score (nSPS) is 16.9. The minimum atomic E-state index is 0.563. The van der Waals surface area contributed by atoms with Gasteiger partial charge in [-0.15, -0.1) is 22.7 Å². The highest BCUT2D eigenvalue weighted by molar-refractivity contribution is 8.00. The van der Waals surface area contributed by atoms with Gasteiger partial charge in [0.1, 0.15) is 0 Å². The third-order valence-corrected chi connectivity index (χ3v) is 6.72. The summed E-state index contributed by atoms with van der Waals surface area (Å²) >= 11 is 5.70. The molecule has 4 heteroatoms. The van der Waals surface area contributed by atoms with Crippen LogP contribution in [0, 0.1) is 0 Å². The molecule has 0 amide bonds. The molecule has 1 N–H and O–H groups in total. The first-order chi connectivity index (χ1) is 8.81. The molecule has 0 aromatic carbocycles. The highest BCUT2D eigenvalue weighted by Crippen LogP contribution is 2.46. The molecule has 0 spiro atoms. The second-order valence-electron chi connectivity index (χ2n) is 4.77. The third-order valence-electron chi connectivity index (χ3n) is 3.45. The van der Waals surface area contributed by atoms with Crippen LogP contribution in [0.4, 0.5) is 0 Å². The molecule has 0 saturated heterocycles. The summed E-state index contributed by atoms with van der Waals surface area (Å²) in [5.41, 5.74) is 1.37. The van der Waals surface area contributed by atoms with E-state index in [1.807, 2.05) is 34.4 Å². The van der Waals surface area contributed by atoms with Crippen LogP contribution < -0.4 is 5.32 Å². The average Bonchev–Trinajstić information content (AvgIpc) is 2.84. The summed E-state index contributed by atoms with van der Waals surface area (Å²) in [6.07, 6.45) is 4.99. The molecular formula is C14H17NS3. The predicted molar refractivity (Wildman–Crippen MR) is 84.8 cm³/mol. The minimum absolute atomic E-state index is 0.563. The molecule has 2 aromatic heterocycles. The van der Waals surface area contributed by atoms with Crippen molar-refractivity contribution in [2.45, 2.75) is 24.1 Å². The number of thiophene rings is 2. The van der Waals surface area contributed by atoms with Crippen molar-refractivity contribution in [3.05, 3.63) is 33.8 Å². The van der Waals surface area contributed by atoms with Gasteiger partial charge in [-0.1, -0.05) is 6.07 Å². The van der Waals surface area contributed by atoms with Gasteiger partial charge in [-0.2, -0.15) is 11.8 Å². The lowest BCUT2D eigenvalue weighted by Gasteiger charge is -2.12. The van der Waals surface area contributed by atoms with Crippen molar-refractivity contribution in [1.29, 1.82) is 0 Å². The van der Waals surface area contributed by atoms with E-state index < -0.39 is 0 Å². The molecule has 1 saturated carbocycles. The summed E-state index contributed by atoms with van der Waals surface area (Å²) in [5, 5.41) is 8.01. The Labute approximate surface area is 121 Å². The van der Waals surface area contributed by atoms with E-state index in [0.29, 0.717) is 4.75 Å². The van der Waals surface area contributed by atoms with Crippen molar-refractivity contribution in [3.8, 4) is 10.4 Å². The topological polar surface area (TPSA) is 12.0 Å². The quantitative estimate of drug-likeness (QED) is 0.844. The van der Waals surface area contributed by atoms with Gasteiger partial charge in [0.25, 0.3) is 0 Å². The Morgan fingerprint density at radius 3 is 2.94 bits per heavy atom. The Morgan fingerprint density at radius 1 is 1.39 bits per heavy atom. The average molecular weight is 295 g/mol. The molecule has 96 valence electrons. The van der Waals surface area contributed by atoms with Gasteiger partial charge in [0.2, 0.25) is 0 Å². The molecule has 1 fully saturated rings. The predicted octanol–water partition coefficient (Wildman–Crippen LogP) is 4.46. The van der Waals surface area contributed by atoms with Gasteiger partial charge in [0, 0.05) is 33.2 Å². The van der Waals surface area contributed by atoms with Crippen molar-refractivity contribution < 1.29 is 0 Å². The second kappa shape index (κ2) is 5.37. The zero-order chi connectivity index (χ0) is 12.4. The minimum Gasteiger partial charge on any atom is -0.310 e. The SMILES string of the molecule is CSC1(CNCc2cc(-c3cccs3)cs2)CC1. The molecule has 2 aromatic rings. The largest absolute Gasteiger partial charge is 0.310 e. The highest BCUT2D eigenvalue weighted by atomic mass is 32.2. The molecular weight excluding hydrogens is 278 g/mol. The van der Waals surface area contributed by atoms with Crippen LogP contribution in [0.15, 0.2) is 29.0 Å². The fourth-order valence-corrected chi connectivity index (χ4v) is 4.45. The maximum atomic E-state index is 3.61. The molecule has 0 unspecified atom stereocenters. The molecule has 18 heavy (non-hydrogen) atoms. The first-order valence-corrected chi connectivity index (χ1v) is 9.17. The van der Waals surface area contributed by atoms with Gasteiger partial charge in [0.05, 0.1) is 0 Å². The number of thioether (sulfide) groups is 1. The molecule has 3 rings (SSSR count). The van der Waals surface area contributed by atoms with Crippen LogP contribution in [0.2, 0.25) is 0 Å². The molecule has 0 aliphatic heterocycles. The lowest BCUT2D eigenvalue weighted by Crippen LogP contribution is -2.25. The van der Waals surface area contributed by atoms with Crippen LogP contribution in [0.5, 0.6) is 0 Å². The smallest absolute Gasteiger partial charge is 0.0351 e. The first-order valence-electron chi connectivity index (χ1n) is 6.18. The van der Waals surface area contributed by atoms with Gasteiger partial charge in [0.15, 0.2) is 0 Å². The van der Waals surface area contributed by atoms with Crippen LogP contribution in [-0.2, 0) is 6.54 Å². The number of rotatable bonds is 6. The Morgan fingerprint density at radius 2 is 2.28 bits per heavy atom. The fraction of sp³-hybridized carbons (Fsp3) is 0.429. The van der Waals surface area contributed by atoms with Crippen LogP contribution in [0.1, 0.15) is 17.7 Å². The summed E-state index contributed by atoms with van der Waals surface area (Å²) in [6, 6.07) is 6.63. The van der Waals surface area contributed by atoms with Crippen LogP contribution in [-0.4, -0.2) is 17.5 Å².